The highest BCUT2D eigenvalue weighted by atomic mass is 32.2. The minimum Gasteiger partial charge on any atom is -0.294 e. The molecule has 0 atom stereocenters. The average molecular weight is 477 g/mol. The van der Waals surface area contributed by atoms with Gasteiger partial charge in [0.25, 0.3) is 0 Å². The van der Waals surface area contributed by atoms with Crippen molar-refractivity contribution in [2.75, 3.05) is 5.75 Å². The zero-order valence-corrected chi connectivity index (χ0v) is 19.1. The summed E-state index contributed by atoms with van der Waals surface area (Å²) in [6.45, 7) is 0. The number of hydrogen-bond acceptors (Lipinski definition) is 5. The molecule has 2 aromatic heterocycles. The Morgan fingerprint density at radius 1 is 1.03 bits per heavy atom. The molecule has 0 amide bonds. The summed E-state index contributed by atoms with van der Waals surface area (Å²) in [5.74, 6) is -0.181. The predicted molar refractivity (Wildman–Crippen MR) is 128 cm³/mol. The molecule has 3 nitrogen and oxygen atoms in total. The zero-order chi connectivity index (χ0) is 23.2. The maximum Gasteiger partial charge on any atom is 0.162 e. The summed E-state index contributed by atoms with van der Waals surface area (Å²) in [4.78, 5) is 18.0. The second-order valence-corrected chi connectivity index (χ2v) is 9.24. The molecule has 0 bridgehead atoms. The molecule has 164 valence electrons. The van der Waals surface area contributed by atoms with E-state index in [4.69, 9.17) is 4.98 Å². The van der Waals surface area contributed by atoms with Gasteiger partial charge in [-0.2, -0.15) is 5.26 Å². The quantitative estimate of drug-likeness (QED) is 0.151. The molecule has 2 heterocycles. The van der Waals surface area contributed by atoms with Crippen LogP contribution in [0.1, 0.15) is 28.8 Å². The lowest BCUT2D eigenvalue weighted by atomic mass is 10.0. The van der Waals surface area contributed by atoms with Crippen LogP contribution < -0.4 is 0 Å². The first-order chi connectivity index (χ1) is 16.0. The highest BCUT2D eigenvalue weighted by Gasteiger charge is 2.17. The second kappa shape index (κ2) is 10.5. The van der Waals surface area contributed by atoms with Crippen molar-refractivity contribution in [1.82, 2.24) is 4.98 Å². The first-order valence-electron chi connectivity index (χ1n) is 10.2. The van der Waals surface area contributed by atoms with Gasteiger partial charge in [-0.05, 0) is 71.6 Å². The maximum atomic E-state index is 13.5. The van der Waals surface area contributed by atoms with E-state index >= 15 is 0 Å². The summed E-state index contributed by atoms with van der Waals surface area (Å²) in [6.07, 6.45) is 0.901. The van der Waals surface area contributed by atoms with Crippen LogP contribution in [-0.4, -0.2) is 16.5 Å². The topological polar surface area (TPSA) is 53.8 Å². The lowest BCUT2D eigenvalue weighted by Crippen LogP contribution is -2.00. The van der Waals surface area contributed by atoms with Crippen molar-refractivity contribution in [1.29, 1.82) is 5.26 Å². The van der Waals surface area contributed by atoms with Gasteiger partial charge in [0.05, 0.1) is 16.1 Å². The molecule has 0 aliphatic rings. The lowest BCUT2D eigenvalue weighted by Gasteiger charge is -2.12. The number of nitriles is 1. The van der Waals surface area contributed by atoms with Crippen LogP contribution in [0.5, 0.6) is 0 Å². The Balaban J connectivity index is 1.56. The number of thioether (sulfide) groups is 1. The number of carbonyl (C=O) groups excluding carboxylic acids is 1. The molecule has 7 heteroatoms. The third-order valence-corrected chi connectivity index (χ3v) is 6.93. The van der Waals surface area contributed by atoms with Crippen LogP contribution in [0.25, 0.3) is 21.7 Å². The van der Waals surface area contributed by atoms with Crippen LogP contribution >= 0.6 is 23.1 Å². The van der Waals surface area contributed by atoms with E-state index in [1.54, 1.807) is 23.5 Å². The number of rotatable bonds is 8. The van der Waals surface area contributed by atoms with E-state index in [1.165, 1.54) is 48.2 Å². The Hall–Kier alpha value is -3.34. The summed E-state index contributed by atoms with van der Waals surface area (Å²) >= 11 is 2.97. The molecule has 0 radical (unpaired) electrons. The minimum atomic E-state index is -0.375. The summed E-state index contributed by atoms with van der Waals surface area (Å²) in [5, 5.41) is 12.4. The van der Waals surface area contributed by atoms with E-state index in [0.717, 1.165) is 16.1 Å². The Labute approximate surface area is 198 Å². The van der Waals surface area contributed by atoms with Gasteiger partial charge in [-0.1, -0.05) is 18.2 Å². The number of pyridine rings is 1. The molecule has 0 aliphatic heterocycles. The lowest BCUT2D eigenvalue weighted by molar-refractivity contribution is 0.0982. The summed E-state index contributed by atoms with van der Waals surface area (Å²) in [6, 6.07) is 19.6. The van der Waals surface area contributed by atoms with Gasteiger partial charge >= 0.3 is 0 Å². The number of halogens is 2. The molecule has 0 aliphatic carbocycles. The minimum absolute atomic E-state index is 0.0524. The van der Waals surface area contributed by atoms with Crippen molar-refractivity contribution in [2.24, 2.45) is 0 Å². The number of aromatic nitrogens is 1. The number of nitrogens with zero attached hydrogens (tertiary/aromatic N) is 2. The number of carbonyl (C=O) groups is 1. The predicted octanol–water partition coefficient (Wildman–Crippen LogP) is 7.38. The number of benzene rings is 2. The van der Waals surface area contributed by atoms with E-state index in [-0.39, 0.29) is 17.4 Å². The molecule has 4 aromatic rings. The number of Topliss-reactive ketones (excluding diaryl/α,β-unsaturated/α-hetero) is 1. The molecule has 2 aromatic carbocycles. The normalized spacial score (nSPS) is 10.7. The average Bonchev–Trinajstić information content (AvgIpc) is 3.37. The van der Waals surface area contributed by atoms with E-state index in [0.29, 0.717) is 40.3 Å². The Morgan fingerprint density at radius 2 is 1.73 bits per heavy atom. The second-order valence-electron chi connectivity index (χ2n) is 7.21. The standard InChI is InChI=1S/C26H18F2N2OS2/c27-19-9-5-17(6-10-19)21-15-23(25-4-2-13-32-25)30-26(22(21)16-29)33-14-1-3-24(31)18-7-11-20(28)12-8-18/h2,4-13,15H,1,3,14H2. The van der Waals surface area contributed by atoms with Gasteiger partial charge in [0.1, 0.15) is 22.7 Å². The smallest absolute Gasteiger partial charge is 0.162 e. The number of ketones is 1. The molecular weight excluding hydrogens is 458 g/mol. The monoisotopic (exact) mass is 476 g/mol. The third kappa shape index (κ3) is 5.54. The first-order valence-corrected chi connectivity index (χ1v) is 12.1. The van der Waals surface area contributed by atoms with E-state index < -0.39 is 0 Å². The van der Waals surface area contributed by atoms with Gasteiger partial charge in [0, 0.05) is 17.5 Å². The molecule has 0 N–H and O–H groups in total. The largest absolute Gasteiger partial charge is 0.294 e. The van der Waals surface area contributed by atoms with E-state index in [1.807, 2.05) is 23.6 Å². The van der Waals surface area contributed by atoms with Crippen molar-refractivity contribution in [3.05, 3.63) is 94.9 Å². The van der Waals surface area contributed by atoms with Gasteiger partial charge in [-0.3, -0.25) is 4.79 Å². The maximum absolute atomic E-state index is 13.5. The van der Waals surface area contributed by atoms with Crippen molar-refractivity contribution in [3.63, 3.8) is 0 Å². The SMILES string of the molecule is N#Cc1c(-c2ccc(F)cc2)cc(-c2cccs2)nc1SCCCC(=O)c1ccc(F)cc1. The summed E-state index contributed by atoms with van der Waals surface area (Å²) in [7, 11) is 0. The Bertz CT molecular complexity index is 1300. The third-order valence-electron chi connectivity index (χ3n) is 4.98. The zero-order valence-electron chi connectivity index (χ0n) is 17.4. The van der Waals surface area contributed by atoms with Crippen molar-refractivity contribution in [2.45, 2.75) is 17.9 Å². The molecule has 0 spiro atoms. The molecule has 33 heavy (non-hydrogen) atoms. The van der Waals surface area contributed by atoms with Crippen LogP contribution in [0, 0.1) is 23.0 Å². The van der Waals surface area contributed by atoms with Crippen molar-refractivity contribution < 1.29 is 13.6 Å². The fourth-order valence-corrected chi connectivity index (χ4v) is 4.95. The molecule has 4 rings (SSSR count). The Kier molecular flexibility index (Phi) is 7.28. The van der Waals surface area contributed by atoms with Gasteiger partial charge in [0.2, 0.25) is 0 Å². The number of hydrogen-bond donors (Lipinski definition) is 0. The van der Waals surface area contributed by atoms with Crippen LogP contribution in [0.4, 0.5) is 8.78 Å². The first kappa shape index (κ1) is 22.8. The van der Waals surface area contributed by atoms with E-state index in [2.05, 4.69) is 6.07 Å². The molecule has 0 saturated heterocycles. The van der Waals surface area contributed by atoms with Crippen LogP contribution in [0.2, 0.25) is 0 Å². The van der Waals surface area contributed by atoms with Gasteiger partial charge in [-0.15, -0.1) is 23.1 Å². The van der Waals surface area contributed by atoms with Crippen LogP contribution in [0.15, 0.2) is 77.1 Å². The fourth-order valence-electron chi connectivity index (χ4n) is 3.32. The van der Waals surface area contributed by atoms with Crippen LogP contribution in [0.3, 0.4) is 0 Å². The highest BCUT2D eigenvalue weighted by Crippen LogP contribution is 2.35. The summed E-state index contributed by atoms with van der Waals surface area (Å²) in [5.41, 5.74) is 3.09. The summed E-state index contributed by atoms with van der Waals surface area (Å²) < 4.78 is 26.5. The highest BCUT2D eigenvalue weighted by molar-refractivity contribution is 7.99. The van der Waals surface area contributed by atoms with E-state index in [9.17, 15) is 18.8 Å². The van der Waals surface area contributed by atoms with Gasteiger partial charge in [-0.25, -0.2) is 13.8 Å². The van der Waals surface area contributed by atoms with Crippen molar-refractivity contribution in [3.8, 4) is 27.8 Å². The fraction of sp³-hybridized carbons (Fsp3) is 0.115. The molecule has 0 saturated carbocycles. The van der Waals surface area contributed by atoms with Gasteiger partial charge in [0.15, 0.2) is 5.78 Å². The van der Waals surface area contributed by atoms with Crippen LogP contribution in [-0.2, 0) is 0 Å². The Morgan fingerprint density at radius 3 is 2.36 bits per heavy atom. The van der Waals surface area contributed by atoms with Gasteiger partial charge < -0.3 is 0 Å². The number of thiophene rings is 1. The van der Waals surface area contributed by atoms with Crippen molar-refractivity contribution >= 4 is 28.9 Å². The molecular formula is C26H18F2N2OS2. The molecule has 0 fully saturated rings. The molecule has 0 unspecified atom stereocenters.